The predicted molar refractivity (Wildman–Crippen MR) is 70.6 cm³/mol. The number of hydrogen-bond donors (Lipinski definition) is 2. The maximum atomic E-state index is 12.0. The van der Waals surface area contributed by atoms with Crippen molar-refractivity contribution in [2.24, 2.45) is 0 Å². The molecular formula is C13H18N4O2. The van der Waals surface area contributed by atoms with Gasteiger partial charge in [-0.25, -0.2) is 0 Å². The van der Waals surface area contributed by atoms with Crippen LogP contribution in [0, 0.1) is 0 Å². The Kier molecular flexibility index (Phi) is 4.46. The van der Waals surface area contributed by atoms with Crippen molar-refractivity contribution in [1.82, 2.24) is 20.5 Å². The molecule has 1 aromatic heterocycles. The van der Waals surface area contributed by atoms with Crippen LogP contribution in [0.5, 0.6) is 0 Å². The summed E-state index contributed by atoms with van der Waals surface area (Å²) in [6.45, 7) is 4.27. The quantitative estimate of drug-likeness (QED) is 0.779. The lowest BCUT2D eigenvalue weighted by Gasteiger charge is -2.34. The largest absolute Gasteiger partial charge is 0.342 e. The fourth-order valence-corrected chi connectivity index (χ4v) is 2.06. The highest BCUT2D eigenvalue weighted by molar-refractivity contribution is 5.94. The van der Waals surface area contributed by atoms with Gasteiger partial charge in [0.2, 0.25) is 5.91 Å². The van der Waals surface area contributed by atoms with E-state index in [1.807, 2.05) is 6.92 Å². The Hall–Kier alpha value is -1.95. The van der Waals surface area contributed by atoms with Crippen molar-refractivity contribution in [3.05, 3.63) is 30.1 Å². The first-order valence-electron chi connectivity index (χ1n) is 6.38. The van der Waals surface area contributed by atoms with E-state index in [0.29, 0.717) is 12.2 Å². The molecule has 0 aliphatic carbocycles. The first-order valence-corrected chi connectivity index (χ1v) is 6.38. The van der Waals surface area contributed by atoms with Crippen molar-refractivity contribution in [1.29, 1.82) is 0 Å². The van der Waals surface area contributed by atoms with Crippen molar-refractivity contribution in [3.63, 3.8) is 0 Å². The Morgan fingerprint density at radius 2 is 2.37 bits per heavy atom. The van der Waals surface area contributed by atoms with E-state index in [9.17, 15) is 9.59 Å². The predicted octanol–water partition coefficient (Wildman–Crippen LogP) is -0.368. The number of carbonyl (C=O) groups is 2. The highest BCUT2D eigenvalue weighted by Crippen LogP contribution is 2.02. The van der Waals surface area contributed by atoms with Gasteiger partial charge in [-0.2, -0.15) is 0 Å². The first-order chi connectivity index (χ1) is 9.18. The smallest absolute Gasteiger partial charge is 0.270 e. The number of carbonyl (C=O) groups excluding carboxylic acids is 2. The van der Waals surface area contributed by atoms with Crippen LogP contribution in [0.3, 0.4) is 0 Å². The molecule has 1 aliphatic heterocycles. The van der Waals surface area contributed by atoms with Crippen LogP contribution in [0.4, 0.5) is 0 Å². The van der Waals surface area contributed by atoms with Crippen LogP contribution in [-0.4, -0.2) is 53.9 Å². The average Bonchev–Trinajstić information content (AvgIpc) is 2.46. The molecule has 1 fully saturated rings. The van der Waals surface area contributed by atoms with Gasteiger partial charge in [-0.05, 0) is 19.1 Å². The van der Waals surface area contributed by atoms with E-state index in [-0.39, 0.29) is 24.4 Å². The van der Waals surface area contributed by atoms with Crippen LogP contribution in [0.1, 0.15) is 17.4 Å². The summed E-state index contributed by atoms with van der Waals surface area (Å²) < 4.78 is 0. The van der Waals surface area contributed by atoms with E-state index in [1.165, 1.54) is 0 Å². The second-order valence-corrected chi connectivity index (χ2v) is 4.54. The summed E-state index contributed by atoms with van der Waals surface area (Å²) in [4.78, 5) is 29.5. The van der Waals surface area contributed by atoms with Crippen molar-refractivity contribution in [2.45, 2.75) is 13.0 Å². The fourth-order valence-electron chi connectivity index (χ4n) is 2.06. The van der Waals surface area contributed by atoms with Crippen LogP contribution in [0.2, 0.25) is 0 Å². The zero-order valence-electron chi connectivity index (χ0n) is 10.9. The van der Waals surface area contributed by atoms with Crippen LogP contribution >= 0.6 is 0 Å². The number of pyridine rings is 1. The number of nitrogens with one attached hydrogen (secondary N) is 2. The Labute approximate surface area is 112 Å². The highest BCUT2D eigenvalue weighted by Gasteiger charge is 2.23. The van der Waals surface area contributed by atoms with Gasteiger partial charge in [-0.3, -0.25) is 14.6 Å². The summed E-state index contributed by atoms with van der Waals surface area (Å²) >= 11 is 0. The lowest BCUT2D eigenvalue weighted by molar-refractivity contribution is -0.132. The molecule has 2 amide bonds. The molecule has 0 aromatic carbocycles. The summed E-state index contributed by atoms with van der Waals surface area (Å²) in [5.41, 5.74) is 0.323. The first kappa shape index (κ1) is 13.5. The molecule has 2 N–H and O–H groups in total. The molecule has 19 heavy (non-hydrogen) atoms. The lowest BCUT2D eigenvalue weighted by Crippen LogP contribution is -2.54. The SMILES string of the molecule is C[C@@H]1CNCCN1C(=O)CNC(=O)c1ccccn1. The van der Waals surface area contributed by atoms with Crippen molar-refractivity contribution in [2.75, 3.05) is 26.2 Å². The van der Waals surface area contributed by atoms with Crippen molar-refractivity contribution < 1.29 is 9.59 Å². The second kappa shape index (κ2) is 6.29. The molecule has 2 rings (SSSR count). The molecule has 0 saturated carbocycles. The van der Waals surface area contributed by atoms with Gasteiger partial charge in [0.25, 0.3) is 5.91 Å². The topological polar surface area (TPSA) is 74.3 Å². The van der Waals surface area contributed by atoms with Gasteiger partial charge in [-0.15, -0.1) is 0 Å². The van der Waals surface area contributed by atoms with Gasteiger partial charge in [-0.1, -0.05) is 6.07 Å². The zero-order chi connectivity index (χ0) is 13.7. The molecule has 6 heteroatoms. The zero-order valence-corrected chi connectivity index (χ0v) is 10.9. The maximum Gasteiger partial charge on any atom is 0.270 e. The Balaban J connectivity index is 1.85. The summed E-state index contributed by atoms with van der Waals surface area (Å²) in [5, 5.41) is 5.82. The number of aromatic nitrogens is 1. The molecule has 2 heterocycles. The number of rotatable bonds is 3. The second-order valence-electron chi connectivity index (χ2n) is 4.54. The summed E-state index contributed by atoms with van der Waals surface area (Å²) in [5.74, 6) is -0.380. The molecule has 1 aliphatic rings. The van der Waals surface area contributed by atoms with Gasteiger partial charge >= 0.3 is 0 Å². The van der Waals surface area contributed by atoms with Gasteiger partial charge in [0.15, 0.2) is 0 Å². The van der Waals surface area contributed by atoms with Crippen LogP contribution in [0.25, 0.3) is 0 Å². The third kappa shape index (κ3) is 3.51. The van der Waals surface area contributed by atoms with E-state index < -0.39 is 0 Å². The van der Waals surface area contributed by atoms with Gasteiger partial charge in [0.1, 0.15) is 5.69 Å². The van der Waals surface area contributed by atoms with E-state index in [4.69, 9.17) is 0 Å². The third-order valence-electron chi connectivity index (χ3n) is 3.12. The molecule has 1 aromatic rings. The standard InChI is InChI=1S/C13H18N4O2/c1-10-8-14-6-7-17(10)12(18)9-16-13(19)11-4-2-3-5-15-11/h2-5,10,14H,6-9H2,1H3,(H,16,19)/t10-/m1/s1. The van der Waals surface area contributed by atoms with E-state index in [0.717, 1.165) is 13.1 Å². The van der Waals surface area contributed by atoms with E-state index in [1.54, 1.807) is 29.3 Å². The lowest BCUT2D eigenvalue weighted by atomic mass is 10.2. The highest BCUT2D eigenvalue weighted by atomic mass is 16.2. The number of piperazine rings is 1. The van der Waals surface area contributed by atoms with E-state index >= 15 is 0 Å². The molecule has 6 nitrogen and oxygen atoms in total. The van der Waals surface area contributed by atoms with E-state index in [2.05, 4.69) is 15.6 Å². The Morgan fingerprint density at radius 3 is 3.05 bits per heavy atom. The third-order valence-corrected chi connectivity index (χ3v) is 3.12. The Bertz CT molecular complexity index is 449. The molecule has 1 atom stereocenters. The molecule has 0 radical (unpaired) electrons. The van der Waals surface area contributed by atoms with Crippen molar-refractivity contribution >= 4 is 11.8 Å². The summed E-state index contributed by atoms with van der Waals surface area (Å²) in [6, 6.07) is 5.26. The minimum absolute atomic E-state index is 0.0136. The van der Waals surface area contributed by atoms with Gasteiger partial charge in [0, 0.05) is 31.9 Å². The van der Waals surface area contributed by atoms with Gasteiger partial charge < -0.3 is 15.5 Å². The van der Waals surface area contributed by atoms with Crippen LogP contribution in [-0.2, 0) is 4.79 Å². The Morgan fingerprint density at radius 1 is 1.53 bits per heavy atom. The molecule has 1 saturated heterocycles. The number of amides is 2. The maximum absolute atomic E-state index is 12.0. The van der Waals surface area contributed by atoms with Crippen LogP contribution < -0.4 is 10.6 Å². The fraction of sp³-hybridized carbons (Fsp3) is 0.462. The molecule has 102 valence electrons. The summed E-state index contributed by atoms with van der Waals surface area (Å²) in [6.07, 6.45) is 1.55. The molecular weight excluding hydrogens is 244 g/mol. The molecule has 0 bridgehead atoms. The number of hydrogen-bond acceptors (Lipinski definition) is 4. The monoisotopic (exact) mass is 262 g/mol. The minimum Gasteiger partial charge on any atom is -0.342 e. The van der Waals surface area contributed by atoms with Gasteiger partial charge in [0.05, 0.1) is 6.54 Å². The van der Waals surface area contributed by atoms with Crippen LogP contribution in [0.15, 0.2) is 24.4 Å². The number of nitrogens with zero attached hydrogens (tertiary/aromatic N) is 2. The summed E-state index contributed by atoms with van der Waals surface area (Å²) in [7, 11) is 0. The average molecular weight is 262 g/mol. The molecule has 0 spiro atoms. The minimum atomic E-state index is -0.322. The van der Waals surface area contributed by atoms with Crippen molar-refractivity contribution in [3.8, 4) is 0 Å². The molecule has 0 unspecified atom stereocenters. The normalized spacial score (nSPS) is 19.0.